The number of nitrogens with zero attached hydrogens (tertiary/aromatic N) is 1. The number of carbonyl (C=O) groups excluding carboxylic acids is 1. The molecule has 1 saturated carbocycles. The van der Waals surface area contributed by atoms with Crippen LogP contribution in [0.3, 0.4) is 0 Å². The molecule has 0 aliphatic heterocycles. The van der Waals surface area contributed by atoms with E-state index in [0.717, 1.165) is 28.6 Å². The van der Waals surface area contributed by atoms with Crippen LogP contribution in [0.5, 0.6) is 0 Å². The lowest BCUT2D eigenvalue weighted by Gasteiger charge is -2.04. The lowest BCUT2D eigenvalue weighted by molar-refractivity contribution is 0.0696. The number of aryl methyl sites for hydroxylation is 1. The second-order valence-electron chi connectivity index (χ2n) is 5.85. The van der Waals surface area contributed by atoms with Gasteiger partial charge in [-0.2, -0.15) is 0 Å². The van der Waals surface area contributed by atoms with Crippen molar-refractivity contribution in [1.29, 1.82) is 0 Å². The summed E-state index contributed by atoms with van der Waals surface area (Å²) in [6.45, 7) is 2.23. The molecule has 0 atom stereocenters. The second kappa shape index (κ2) is 6.50. The Labute approximate surface area is 138 Å². The standard InChI is InChI=1S/C17H18N2O3S/c1-10-15(23-14(19-10)8-11-2-3-11)16(20)18-9-12-4-6-13(7-5-12)17(21)22/h4-7,11H,2-3,8-9H2,1H3,(H,18,20)(H,21,22). The number of carboxylic acids is 1. The van der Waals surface area contributed by atoms with Crippen LogP contribution in [0.4, 0.5) is 0 Å². The summed E-state index contributed by atoms with van der Waals surface area (Å²) < 4.78 is 0. The maximum Gasteiger partial charge on any atom is 0.335 e. The van der Waals surface area contributed by atoms with E-state index in [1.807, 2.05) is 6.92 Å². The number of aromatic carboxylic acids is 1. The topological polar surface area (TPSA) is 79.3 Å². The van der Waals surface area contributed by atoms with Crippen LogP contribution in [-0.2, 0) is 13.0 Å². The molecule has 120 valence electrons. The Balaban J connectivity index is 1.60. The van der Waals surface area contributed by atoms with Gasteiger partial charge in [-0.3, -0.25) is 4.79 Å². The van der Waals surface area contributed by atoms with Gasteiger partial charge in [-0.25, -0.2) is 9.78 Å². The van der Waals surface area contributed by atoms with E-state index in [1.165, 1.54) is 36.3 Å². The molecule has 1 aromatic heterocycles. The number of carbonyl (C=O) groups is 2. The van der Waals surface area contributed by atoms with E-state index in [0.29, 0.717) is 11.4 Å². The maximum absolute atomic E-state index is 12.3. The highest BCUT2D eigenvalue weighted by Crippen LogP contribution is 2.34. The fraction of sp³-hybridized carbons (Fsp3) is 0.353. The average Bonchev–Trinajstić information content (AvgIpc) is 3.26. The largest absolute Gasteiger partial charge is 0.478 e. The Morgan fingerprint density at radius 1 is 1.30 bits per heavy atom. The van der Waals surface area contributed by atoms with E-state index in [1.54, 1.807) is 12.1 Å². The van der Waals surface area contributed by atoms with Crippen LogP contribution in [-0.4, -0.2) is 22.0 Å². The van der Waals surface area contributed by atoms with E-state index < -0.39 is 5.97 Å². The van der Waals surface area contributed by atoms with Gasteiger partial charge in [0.05, 0.1) is 16.3 Å². The summed E-state index contributed by atoms with van der Waals surface area (Å²) in [5.74, 6) is -0.322. The quantitative estimate of drug-likeness (QED) is 0.853. The van der Waals surface area contributed by atoms with Crippen LogP contribution >= 0.6 is 11.3 Å². The first-order valence-corrected chi connectivity index (χ1v) is 8.41. The fourth-order valence-corrected chi connectivity index (χ4v) is 3.44. The predicted octanol–water partition coefficient (Wildman–Crippen LogP) is 3.03. The number of nitrogens with one attached hydrogen (secondary N) is 1. The Morgan fingerprint density at radius 2 is 2.00 bits per heavy atom. The van der Waals surface area contributed by atoms with Crippen LogP contribution in [0.2, 0.25) is 0 Å². The lowest BCUT2D eigenvalue weighted by atomic mass is 10.1. The summed E-state index contributed by atoms with van der Waals surface area (Å²) in [4.78, 5) is 28.3. The highest BCUT2D eigenvalue weighted by Gasteiger charge is 2.24. The van der Waals surface area contributed by atoms with Gasteiger partial charge in [0.1, 0.15) is 4.88 Å². The number of aromatic nitrogens is 1. The summed E-state index contributed by atoms with van der Waals surface area (Å²) in [5.41, 5.74) is 1.89. The minimum atomic E-state index is -0.955. The van der Waals surface area contributed by atoms with Crippen LogP contribution in [0, 0.1) is 12.8 Å². The molecule has 1 aliphatic carbocycles. The van der Waals surface area contributed by atoms with Crippen LogP contribution in [0.1, 0.15) is 49.1 Å². The molecule has 2 N–H and O–H groups in total. The van der Waals surface area contributed by atoms with Gasteiger partial charge in [-0.05, 0) is 43.4 Å². The van der Waals surface area contributed by atoms with Gasteiger partial charge in [0.15, 0.2) is 0 Å². The molecular formula is C17H18N2O3S. The van der Waals surface area contributed by atoms with Crippen molar-refractivity contribution in [2.45, 2.75) is 32.7 Å². The van der Waals surface area contributed by atoms with Gasteiger partial charge in [0.25, 0.3) is 5.91 Å². The molecule has 1 amide bonds. The van der Waals surface area contributed by atoms with Gasteiger partial charge in [0.2, 0.25) is 0 Å². The molecule has 1 heterocycles. The van der Waals surface area contributed by atoms with Gasteiger partial charge < -0.3 is 10.4 Å². The highest BCUT2D eigenvalue weighted by atomic mass is 32.1. The Kier molecular flexibility index (Phi) is 4.43. The zero-order valence-corrected chi connectivity index (χ0v) is 13.7. The van der Waals surface area contributed by atoms with Gasteiger partial charge in [-0.15, -0.1) is 11.3 Å². The average molecular weight is 330 g/mol. The van der Waals surface area contributed by atoms with E-state index in [9.17, 15) is 9.59 Å². The molecule has 6 heteroatoms. The zero-order chi connectivity index (χ0) is 16.4. The third-order valence-electron chi connectivity index (χ3n) is 3.86. The summed E-state index contributed by atoms with van der Waals surface area (Å²) in [5, 5.41) is 12.8. The van der Waals surface area contributed by atoms with Crippen molar-refractivity contribution in [2.24, 2.45) is 5.92 Å². The van der Waals surface area contributed by atoms with Crippen molar-refractivity contribution < 1.29 is 14.7 Å². The van der Waals surface area contributed by atoms with Crippen molar-refractivity contribution in [1.82, 2.24) is 10.3 Å². The number of hydrogen-bond acceptors (Lipinski definition) is 4. The molecule has 1 fully saturated rings. The van der Waals surface area contributed by atoms with Crippen molar-refractivity contribution in [3.8, 4) is 0 Å². The Bertz CT molecular complexity index is 733. The van der Waals surface area contributed by atoms with Gasteiger partial charge >= 0.3 is 5.97 Å². The zero-order valence-electron chi connectivity index (χ0n) is 12.8. The second-order valence-corrected chi connectivity index (χ2v) is 6.94. The van der Waals surface area contributed by atoms with Gasteiger partial charge in [-0.1, -0.05) is 12.1 Å². The minimum Gasteiger partial charge on any atom is -0.478 e. The molecular weight excluding hydrogens is 312 g/mol. The molecule has 0 saturated heterocycles. The molecule has 0 bridgehead atoms. The lowest BCUT2D eigenvalue weighted by Crippen LogP contribution is -2.22. The number of rotatable bonds is 6. The molecule has 23 heavy (non-hydrogen) atoms. The first kappa shape index (κ1) is 15.7. The van der Waals surface area contributed by atoms with E-state index in [2.05, 4.69) is 10.3 Å². The molecule has 0 radical (unpaired) electrons. The number of hydrogen-bond donors (Lipinski definition) is 2. The molecule has 0 unspecified atom stereocenters. The molecule has 1 aromatic carbocycles. The van der Waals surface area contributed by atoms with Crippen LogP contribution in [0.25, 0.3) is 0 Å². The highest BCUT2D eigenvalue weighted by molar-refractivity contribution is 7.13. The monoisotopic (exact) mass is 330 g/mol. The Morgan fingerprint density at radius 3 is 2.61 bits per heavy atom. The first-order chi connectivity index (χ1) is 11.0. The normalized spacial score (nSPS) is 13.8. The SMILES string of the molecule is Cc1nc(CC2CC2)sc1C(=O)NCc1ccc(C(=O)O)cc1. The fourth-order valence-electron chi connectivity index (χ4n) is 2.35. The molecule has 0 spiro atoms. The molecule has 5 nitrogen and oxygen atoms in total. The molecule has 1 aliphatic rings. The number of carboxylic acid groups (broad SMARTS) is 1. The summed E-state index contributed by atoms with van der Waals surface area (Å²) in [7, 11) is 0. The third kappa shape index (κ3) is 3.96. The van der Waals surface area contributed by atoms with Crippen LogP contribution in [0.15, 0.2) is 24.3 Å². The van der Waals surface area contributed by atoms with Gasteiger partial charge in [0, 0.05) is 13.0 Å². The number of amides is 1. The van der Waals surface area contributed by atoms with Crippen molar-refractivity contribution in [3.05, 3.63) is 51.0 Å². The molecule has 3 rings (SSSR count). The predicted molar refractivity (Wildman–Crippen MR) is 87.9 cm³/mol. The van der Waals surface area contributed by atoms with E-state index in [-0.39, 0.29) is 11.5 Å². The molecule has 2 aromatic rings. The van der Waals surface area contributed by atoms with Crippen molar-refractivity contribution in [2.75, 3.05) is 0 Å². The van der Waals surface area contributed by atoms with Crippen molar-refractivity contribution in [3.63, 3.8) is 0 Å². The van der Waals surface area contributed by atoms with Crippen LogP contribution < -0.4 is 5.32 Å². The maximum atomic E-state index is 12.3. The first-order valence-electron chi connectivity index (χ1n) is 7.59. The van der Waals surface area contributed by atoms with E-state index >= 15 is 0 Å². The summed E-state index contributed by atoms with van der Waals surface area (Å²) in [6.07, 6.45) is 3.52. The number of thiazole rings is 1. The Hall–Kier alpha value is -2.21. The van der Waals surface area contributed by atoms with E-state index in [4.69, 9.17) is 5.11 Å². The smallest absolute Gasteiger partial charge is 0.335 e. The van der Waals surface area contributed by atoms with Crippen molar-refractivity contribution >= 4 is 23.2 Å². The minimum absolute atomic E-state index is 0.121. The third-order valence-corrected chi connectivity index (χ3v) is 5.04. The number of benzene rings is 1. The summed E-state index contributed by atoms with van der Waals surface area (Å²) in [6, 6.07) is 6.49. The summed E-state index contributed by atoms with van der Waals surface area (Å²) >= 11 is 1.48.